The summed E-state index contributed by atoms with van der Waals surface area (Å²) in [5.74, 6) is -0.592. The van der Waals surface area contributed by atoms with Gasteiger partial charge in [-0.15, -0.1) is 0 Å². The number of hydrogen-bond acceptors (Lipinski definition) is 7. The lowest BCUT2D eigenvalue weighted by Gasteiger charge is -2.21. The van der Waals surface area contributed by atoms with Gasteiger partial charge in [0.15, 0.2) is 5.78 Å². The summed E-state index contributed by atoms with van der Waals surface area (Å²) in [5, 5.41) is 19.2. The standard InChI is InChI=1S/C26H26N4O5/c1-2-35-19-7-8-23(31)20(13-19)24(32)16-3-5-17(6-4-16)25(33)29-21-14-28-15-22(21)30-26(34)18-9-11-27-12-10-18/h3-13,21-22,28,31H,2,14-15H2,1H3,(H,29,33)(H,30,34)/t21-,22-/m1/s1. The number of carbonyl (C=O) groups excluding carboxylic acids is 3. The number of phenols is 1. The van der Waals surface area contributed by atoms with E-state index < -0.39 is 0 Å². The molecule has 2 aromatic carbocycles. The monoisotopic (exact) mass is 474 g/mol. The third-order valence-corrected chi connectivity index (χ3v) is 5.72. The molecule has 0 bridgehead atoms. The van der Waals surface area contributed by atoms with Crippen LogP contribution in [0.15, 0.2) is 67.0 Å². The number of amides is 2. The van der Waals surface area contributed by atoms with Crippen LogP contribution in [0, 0.1) is 0 Å². The van der Waals surface area contributed by atoms with E-state index in [1.54, 1.807) is 54.9 Å². The number of phenolic OH excluding ortho intramolecular Hbond substituents is 1. The van der Waals surface area contributed by atoms with E-state index in [9.17, 15) is 19.5 Å². The molecule has 0 saturated carbocycles. The maximum atomic E-state index is 12.9. The summed E-state index contributed by atoms with van der Waals surface area (Å²) in [6, 6.07) is 13.4. The van der Waals surface area contributed by atoms with E-state index in [1.165, 1.54) is 12.1 Å². The largest absolute Gasteiger partial charge is 0.507 e. The number of ketones is 1. The van der Waals surface area contributed by atoms with Crippen molar-refractivity contribution in [2.75, 3.05) is 19.7 Å². The first-order valence-corrected chi connectivity index (χ1v) is 11.3. The van der Waals surface area contributed by atoms with E-state index in [2.05, 4.69) is 20.9 Å². The number of nitrogens with one attached hydrogen (secondary N) is 3. The van der Waals surface area contributed by atoms with Crippen LogP contribution in [0.1, 0.15) is 43.6 Å². The molecule has 9 nitrogen and oxygen atoms in total. The molecule has 4 N–H and O–H groups in total. The van der Waals surface area contributed by atoms with Gasteiger partial charge in [0, 0.05) is 42.2 Å². The van der Waals surface area contributed by atoms with Crippen LogP contribution in [0.5, 0.6) is 11.5 Å². The van der Waals surface area contributed by atoms with Crippen LogP contribution in [0.3, 0.4) is 0 Å². The van der Waals surface area contributed by atoms with Gasteiger partial charge in [-0.05, 0) is 49.4 Å². The molecule has 1 saturated heterocycles. The van der Waals surface area contributed by atoms with Crippen molar-refractivity contribution in [3.63, 3.8) is 0 Å². The minimum absolute atomic E-state index is 0.123. The summed E-state index contributed by atoms with van der Waals surface area (Å²) in [7, 11) is 0. The van der Waals surface area contributed by atoms with Crippen LogP contribution >= 0.6 is 0 Å². The van der Waals surface area contributed by atoms with Gasteiger partial charge in [-0.25, -0.2) is 0 Å². The van der Waals surface area contributed by atoms with Crippen molar-refractivity contribution >= 4 is 17.6 Å². The molecule has 1 aliphatic heterocycles. The predicted octanol–water partition coefficient (Wildman–Crippen LogP) is 1.92. The molecular weight excluding hydrogens is 448 g/mol. The lowest BCUT2D eigenvalue weighted by molar-refractivity contribution is 0.0896. The van der Waals surface area contributed by atoms with Crippen molar-refractivity contribution in [2.24, 2.45) is 0 Å². The number of aromatic nitrogens is 1. The summed E-state index contributed by atoms with van der Waals surface area (Å²) < 4.78 is 5.41. The fourth-order valence-electron chi connectivity index (χ4n) is 3.87. The van der Waals surface area contributed by atoms with E-state index >= 15 is 0 Å². The van der Waals surface area contributed by atoms with Crippen molar-refractivity contribution in [3.05, 3.63) is 89.2 Å². The van der Waals surface area contributed by atoms with Gasteiger partial charge in [-0.1, -0.05) is 12.1 Å². The van der Waals surface area contributed by atoms with Crippen molar-refractivity contribution < 1.29 is 24.2 Å². The topological polar surface area (TPSA) is 130 Å². The third-order valence-electron chi connectivity index (χ3n) is 5.72. The maximum absolute atomic E-state index is 12.9. The SMILES string of the molecule is CCOc1ccc(O)c(C(=O)c2ccc(C(=O)N[C@@H]3CNC[C@H]3NC(=O)c3ccncc3)cc2)c1. The molecule has 180 valence electrons. The molecule has 0 aliphatic carbocycles. The fourth-order valence-corrected chi connectivity index (χ4v) is 3.87. The number of aromatic hydroxyl groups is 1. The summed E-state index contributed by atoms with van der Waals surface area (Å²) in [4.78, 5) is 42.1. The first-order chi connectivity index (χ1) is 17.0. The molecule has 1 fully saturated rings. The molecule has 9 heteroatoms. The van der Waals surface area contributed by atoms with Gasteiger partial charge >= 0.3 is 0 Å². The van der Waals surface area contributed by atoms with Crippen LogP contribution in [0.2, 0.25) is 0 Å². The Morgan fingerprint density at radius 1 is 0.914 bits per heavy atom. The maximum Gasteiger partial charge on any atom is 0.251 e. The number of hydrogen-bond donors (Lipinski definition) is 4. The first-order valence-electron chi connectivity index (χ1n) is 11.3. The lowest BCUT2D eigenvalue weighted by Crippen LogP contribution is -2.51. The molecule has 0 spiro atoms. The molecule has 2 heterocycles. The van der Waals surface area contributed by atoms with Gasteiger partial charge in [-0.3, -0.25) is 19.4 Å². The fraction of sp³-hybridized carbons (Fsp3) is 0.231. The zero-order chi connectivity index (χ0) is 24.8. The van der Waals surface area contributed by atoms with Crippen LogP contribution < -0.4 is 20.7 Å². The highest BCUT2D eigenvalue weighted by Crippen LogP contribution is 2.26. The van der Waals surface area contributed by atoms with Crippen LogP contribution in [0.25, 0.3) is 0 Å². The van der Waals surface area contributed by atoms with E-state index in [-0.39, 0.29) is 41.0 Å². The van der Waals surface area contributed by atoms with E-state index in [0.717, 1.165) is 0 Å². The smallest absolute Gasteiger partial charge is 0.251 e. The second-order valence-electron chi connectivity index (χ2n) is 8.07. The second-order valence-corrected chi connectivity index (χ2v) is 8.07. The van der Waals surface area contributed by atoms with Gasteiger partial charge in [0.05, 0.1) is 24.3 Å². The van der Waals surface area contributed by atoms with Gasteiger partial charge < -0.3 is 25.8 Å². The Hall–Kier alpha value is -4.24. The average molecular weight is 475 g/mol. The van der Waals surface area contributed by atoms with Crippen LogP contribution in [-0.4, -0.2) is 59.5 Å². The number of rotatable bonds is 8. The highest BCUT2D eigenvalue weighted by molar-refractivity contribution is 6.11. The molecule has 2 atom stereocenters. The number of nitrogens with zero attached hydrogens (tertiary/aromatic N) is 1. The molecular formula is C26H26N4O5. The summed E-state index contributed by atoms with van der Waals surface area (Å²) in [5.41, 5.74) is 1.32. The van der Waals surface area contributed by atoms with Crippen molar-refractivity contribution in [2.45, 2.75) is 19.0 Å². The second kappa shape index (κ2) is 10.8. The van der Waals surface area contributed by atoms with Gasteiger partial charge in [0.1, 0.15) is 11.5 Å². The quantitative estimate of drug-likeness (QED) is 0.367. The Morgan fingerprint density at radius 2 is 1.49 bits per heavy atom. The van der Waals surface area contributed by atoms with E-state index in [4.69, 9.17) is 4.74 Å². The van der Waals surface area contributed by atoms with Crippen molar-refractivity contribution in [1.29, 1.82) is 0 Å². The molecule has 4 rings (SSSR count). The van der Waals surface area contributed by atoms with Crippen molar-refractivity contribution in [3.8, 4) is 11.5 Å². The highest BCUT2D eigenvalue weighted by atomic mass is 16.5. The van der Waals surface area contributed by atoms with Crippen molar-refractivity contribution in [1.82, 2.24) is 20.9 Å². The molecule has 35 heavy (non-hydrogen) atoms. The lowest BCUT2D eigenvalue weighted by atomic mass is 10.0. The molecule has 1 aliphatic rings. The Balaban J connectivity index is 1.40. The molecule has 2 amide bonds. The summed E-state index contributed by atoms with van der Waals surface area (Å²) in [6.07, 6.45) is 3.10. The zero-order valence-corrected chi connectivity index (χ0v) is 19.2. The minimum atomic E-state index is -0.380. The molecule has 0 unspecified atom stereocenters. The first kappa shape index (κ1) is 23.9. The Bertz CT molecular complexity index is 1210. The summed E-state index contributed by atoms with van der Waals surface area (Å²) in [6.45, 7) is 3.31. The van der Waals surface area contributed by atoms with Gasteiger partial charge in [0.25, 0.3) is 11.8 Å². The summed E-state index contributed by atoms with van der Waals surface area (Å²) >= 11 is 0. The van der Waals surface area contributed by atoms with Gasteiger partial charge in [-0.2, -0.15) is 0 Å². The van der Waals surface area contributed by atoms with Gasteiger partial charge in [0.2, 0.25) is 0 Å². The minimum Gasteiger partial charge on any atom is -0.507 e. The van der Waals surface area contributed by atoms with E-state index in [0.29, 0.717) is 42.1 Å². The zero-order valence-electron chi connectivity index (χ0n) is 19.2. The molecule has 3 aromatic rings. The molecule has 0 radical (unpaired) electrons. The van der Waals surface area contributed by atoms with Crippen LogP contribution in [-0.2, 0) is 0 Å². The van der Waals surface area contributed by atoms with Crippen LogP contribution in [0.4, 0.5) is 0 Å². The molecule has 1 aromatic heterocycles. The average Bonchev–Trinajstić information content (AvgIpc) is 3.31. The Labute approximate surface area is 202 Å². The number of carbonyl (C=O) groups is 3. The van der Waals surface area contributed by atoms with E-state index in [1.807, 2.05) is 6.92 Å². The number of pyridine rings is 1. The Kier molecular flexibility index (Phi) is 7.37. The highest BCUT2D eigenvalue weighted by Gasteiger charge is 2.30. The third kappa shape index (κ3) is 5.64. The normalized spacial score (nSPS) is 16.9. The Morgan fingerprint density at radius 3 is 2.09 bits per heavy atom. The number of ether oxygens (including phenoxy) is 1. The number of benzene rings is 2. The predicted molar refractivity (Wildman–Crippen MR) is 129 cm³/mol.